The monoisotopic (exact) mass is 479 g/mol. The average molecular weight is 479 g/mol. The van der Waals surface area contributed by atoms with Crippen LogP contribution in [0.5, 0.6) is 0 Å². The van der Waals surface area contributed by atoms with E-state index in [1.807, 2.05) is 37.3 Å². The van der Waals surface area contributed by atoms with Gasteiger partial charge in [-0.15, -0.1) is 0 Å². The van der Waals surface area contributed by atoms with Crippen molar-refractivity contribution < 1.29 is 32.4 Å². The molecule has 1 aliphatic rings. The number of hydrogen-bond acceptors (Lipinski definition) is 6. The number of benzene rings is 2. The van der Waals surface area contributed by atoms with Crippen LogP contribution in [0.3, 0.4) is 0 Å². The number of nitro groups is 1. The molecule has 2 aromatic carbocycles. The van der Waals surface area contributed by atoms with Crippen LogP contribution < -0.4 is 10.2 Å². The van der Waals surface area contributed by atoms with E-state index in [-0.39, 0.29) is 24.8 Å². The van der Waals surface area contributed by atoms with Gasteiger partial charge in [-0.1, -0.05) is 30.3 Å². The van der Waals surface area contributed by atoms with Gasteiger partial charge in [0.25, 0.3) is 11.6 Å². The van der Waals surface area contributed by atoms with Crippen LogP contribution in [0.2, 0.25) is 0 Å². The number of amides is 1. The number of carbonyl (C=O) groups is 2. The summed E-state index contributed by atoms with van der Waals surface area (Å²) < 4.78 is 43.9. The van der Waals surface area contributed by atoms with Crippen molar-refractivity contribution in [2.45, 2.75) is 32.0 Å². The molecule has 0 aromatic heterocycles. The Bertz CT molecular complexity index is 1040. The minimum absolute atomic E-state index is 0.0686. The molecule has 11 heteroatoms. The number of ether oxygens (including phenoxy) is 1. The van der Waals surface area contributed by atoms with E-state index in [1.54, 1.807) is 4.90 Å². The zero-order chi connectivity index (χ0) is 24.9. The highest BCUT2D eigenvalue weighted by atomic mass is 19.4. The van der Waals surface area contributed by atoms with Crippen LogP contribution in [0.1, 0.15) is 36.9 Å². The summed E-state index contributed by atoms with van der Waals surface area (Å²) in [5, 5.41) is 14.1. The highest BCUT2D eigenvalue weighted by molar-refractivity contribution is 5.81. The van der Waals surface area contributed by atoms with Gasteiger partial charge in [-0.3, -0.25) is 19.7 Å². The van der Waals surface area contributed by atoms with Crippen molar-refractivity contribution in [1.29, 1.82) is 0 Å². The Morgan fingerprint density at radius 2 is 1.82 bits per heavy atom. The van der Waals surface area contributed by atoms with Crippen molar-refractivity contribution in [2.24, 2.45) is 5.92 Å². The molecular formula is C23H24F3N3O5. The van der Waals surface area contributed by atoms with Crippen LogP contribution in [-0.4, -0.2) is 36.5 Å². The van der Waals surface area contributed by atoms with E-state index < -0.39 is 46.8 Å². The number of nitro benzene ring substituents is 1. The fraction of sp³-hybridized carbons (Fsp3) is 0.391. The fourth-order valence-corrected chi connectivity index (χ4v) is 3.83. The van der Waals surface area contributed by atoms with E-state index >= 15 is 0 Å². The van der Waals surface area contributed by atoms with Crippen molar-refractivity contribution in [3.05, 3.63) is 69.8 Å². The van der Waals surface area contributed by atoms with Gasteiger partial charge in [0.05, 0.1) is 22.4 Å². The second-order valence-electron chi connectivity index (χ2n) is 8.03. The second kappa shape index (κ2) is 10.5. The molecule has 0 bridgehead atoms. The highest BCUT2D eigenvalue weighted by Crippen LogP contribution is 2.37. The van der Waals surface area contributed by atoms with Gasteiger partial charge in [-0.05, 0) is 37.5 Å². The summed E-state index contributed by atoms with van der Waals surface area (Å²) in [5.41, 5.74) is -0.757. The van der Waals surface area contributed by atoms with E-state index in [4.69, 9.17) is 4.74 Å². The largest absolute Gasteiger partial charge is 0.455 e. The van der Waals surface area contributed by atoms with Gasteiger partial charge in [0.2, 0.25) is 0 Å². The Morgan fingerprint density at radius 3 is 2.41 bits per heavy atom. The maximum absolute atomic E-state index is 12.9. The molecule has 182 valence electrons. The Kier molecular flexibility index (Phi) is 7.75. The Morgan fingerprint density at radius 1 is 1.18 bits per heavy atom. The first-order valence-corrected chi connectivity index (χ1v) is 10.7. The van der Waals surface area contributed by atoms with Gasteiger partial charge in [0.1, 0.15) is 5.69 Å². The predicted octanol–water partition coefficient (Wildman–Crippen LogP) is 4.25. The number of alkyl halides is 3. The number of nitrogens with one attached hydrogen (secondary N) is 1. The smallest absolute Gasteiger partial charge is 0.416 e. The fourth-order valence-electron chi connectivity index (χ4n) is 3.83. The number of anilines is 1. The minimum atomic E-state index is -4.69. The summed E-state index contributed by atoms with van der Waals surface area (Å²) in [6.07, 6.45) is -4.11. The maximum Gasteiger partial charge on any atom is 0.416 e. The lowest BCUT2D eigenvalue weighted by atomic mass is 9.96. The van der Waals surface area contributed by atoms with Gasteiger partial charge >= 0.3 is 12.1 Å². The quantitative estimate of drug-likeness (QED) is 0.362. The van der Waals surface area contributed by atoms with E-state index in [1.165, 1.54) is 0 Å². The van der Waals surface area contributed by atoms with Crippen molar-refractivity contribution >= 4 is 23.3 Å². The van der Waals surface area contributed by atoms with E-state index in [0.29, 0.717) is 18.9 Å². The molecule has 1 atom stereocenters. The van der Waals surface area contributed by atoms with Crippen molar-refractivity contribution in [1.82, 2.24) is 5.32 Å². The Hall–Kier alpha value is -3.63. The number of halogens is 3. The first kappa shape index (κ1) is 25.0. The molecule has 2 aromatic rings. The molecule has 0 radical (unpaired) electrons. The molecule has 0 saturated carbocycles. The zero-order valence-corrected chi connectivity index (χ0v) is 18.4. The predicted molar refractivity (Wildman–Crippen MR) is 117 cm³/mol. The highest BCUT2D eigenvalue weighted by Gasteiger charge is 2.35. The van der Waals surface area contributed by atoms with E-state index in [9.17, 15) is 32.9 Å². The third-order valence-corrected chi connectivity index (χ3v) is 5.69. The molecule has 8 nitrogen and oxygen atoms in total. The summed E-state index contributed by atoms with van der Waals surface area (Å²) in [5.74, 6) is -1.50. The Balaban J connectivity index is 1.52. The lowest BCUT2D eigenvalue weighted by Gasteiger charge is -2.32. The Labute approximate surface area is 193 Å². The molecular weight excluding hydrogens is 455 g/mol. The molecule has 1 fully saturated rings. The molecule has 1 unspecified atom stereocenters. The molecule has 1 N–H and O–H groups in total. The molecule has 1 heterocycles. The summed E-state index contributed by atoms with van der Waals surface area (Å²) in [6, 6.07) is 11.4. The number of piperidine rings is 1. The molecule has 1 saturated heterocycles. The summed E-state index contributed by atoms with van der Waals surface area (Å²) in [6.45, 7) is 1.83. The van der Waals surface area contributed by atoms with Gasteiger partial charge in [-0.2, -0.15) is 13.2 Å². The minimum Gasteiger partial charge on any atom is -0.455 e. The molecule has 0 spiro atoms. The standard InChI is InChI=1S/C23H24F3N3O5/c1-15(16-5-3-2-4-6-16)27-21(30)14-34-22(31)17-9-11-28(12-10-17)19-8-7-18(23(24,25)26)13-20(19)29(32)33/h2-8,13,15,17H,9-12,14H2,1H3,(H,27,30). The number of esters is 1. The van der Waals surface area contributed by atoms with Crippen molar-refractivity contribution in [3.63, 3.8) is 0 Å². The first-order chi connectivity index (χ1) is 16.1. The molecule has 1 amide bonds. The number of nitrogens with zero attached hydrogens (tertiary/aromatic N) is 2. The van der Waals surface area contributed by atoms with Gasteiger partial charge < -0.3 is 15.0 Å². The van der Waals surface area contributed by atoms with Crippen LogP contribution in [0.25, 0.3) is 0 Å². The third kappa shape index (κ3) is 6.24. The summed E-state index contributed by atoms with van der Waals surface area (Å²) in [7, 11) is 0. The number of hydrogen-bond donors (Lipinski definition) is 1. The van der Waals surface area contributed by atoms with Crippen LogP contribution >= 0.6 is 0 Å². The average Bonchev–Trinajstić information content (AvgIpc) is 2.82. The topological polar surface area (TPSA) is 102 Å². The van der Waals surface area contributed by atoms with Gasteiger partial charge in [0.15, 0.2) is 6.61 Å². The van der Waals surface area contributed by atoms with E-state index in [0.717, 1.165) is 17.7 Å². The van der Waals surface area contributed by atoms with Crippen LogP contribution in [0, 0.1) is 16.0 Å². The maximum atomic E-state index is 12.9. The van der Waals surface area contributed by atoms with Gasteiger partial charge in [-0.25, -0.2) is 0 Å². The lowest BCUT2D eigenvalue weighted by molar-refractivity contribution is -0.384. The molecule has 34 heavy (non-hydrogen) atoms. The first-order valence-electron chi connectivity index (χ1n) is 10.7. The number of carbonyl (C=O) groups excluding carboxylic acids is 2. The second-order valence-corrected chi connectivity index (χ2v) is 8.03. The van der Waals surface area contributed by atoms with Crippen LogP contribution in [0.15, 0.2) is 48.5 Å². The summed E-state index contributed by atoms with van der Waals surface area (Å²) >= 11 is 0. The normalized spacial score (nSPS) is 15.5. The molecule has 1 aliphatic heterocycles. The molecule has 3 rings (SSSR count). The van der Waals surface area contributed by atoms with Crippen LogP contribution in [0.4, 0.5) is 24.5 Å². The summed E-state index contributed by atoms with van der Waals surface area (Å²) in [4.78, 5) is 36.6. The lowest BCUT2D eigenvalue weighted by Crippen LogP contribution is -2.38. The SMILES string of the molecule is CC(NC(=O)COC(=O)C1CCN(c2ccc(C(F)(F)F)cc2[N+](=O)[O-])CC1)c1ccccc1. The van der Waals surface area contributed by atoms with E-state index in [2.05, 4.69) is 5.32 Å². The van der Waals surface area contributed by atoms with Gasteiger partial charge in [0, 0.05) is 19.2 Å². The third-order valence-electron chi connectivity index (χ3n) is 5.69. The van der Waals surface area contributed by atoms with Crippen molar-refractivity contribution in [2.75, 3.05) is 24.6 Å². The zero-order valence-electron chi connectivity index (χ0n) is 18.4. The van der Waals surface area contributed by atoms with Crippen molar-refractivity contribution in [3.8, 4) is 0 Å². The molecule has 0 aliphatic carbocycles. The van der Waals surface area contributed by atoms with Crippen LogP contribution in [-0.2, 0) is 20.5 Å². The number of rotatable bonds is 7.